The van der Waals surface area contributed by atoms with Crippen molar-refractivity contribution in [1.82, 2.24) is 5.43 Å². The molecule has 2 aromatic carbocycles. The van der Waals surface area contributed by atoms with E-state index in [0.29, 0.717) is 10.6 Å². The Hall–Kier alpha value is -1.42. The van der Waals surface area contributed by atoms with E-state index in [9.17, 15) is 4.39 Å². The van der Waals surface area contributed by atoms with E-state index >= 15 is 0 Å². The number of aryl methyl sites for hydroxylation is 2. The van der Waals surface area contributed by atoms with Crippen molar-refractivity contribution in [2.24, 2.45) is 5.84 Å². The first-order chi connectivity index (χ1) is 9.04. The van der Waals surface area contributed by atoms with Crippen molar-refractivity contribution in [3.05, 3.63) is 69.5 Å². The molecule has 0 spiro atoms. The molecule has 2 nitrogen and oxygen atoms in total. The summed E-state index contributed by atoms with van der Waals surface area (Å²) in [5.41, 5.74) is 6.31. The first-order valence-corrected chi connectivity index (χ1v) is 6.39. The van der Waals surface area contributed by atoms with E-state index in [1.807, 2.05) is 32.0 Å². The van der Waals surface area contributed by atoms with Gasteiger partial charge in [-0.1, -0.05) is 35.9 Å². The molecule has 0 radical (unpaired) electrons. The van der Waals surface area contributed by atoms with E-state index in [4.69, 9.17) is 17.4 Å². The average Bonchev–Trinajstić information content (AvgIpc) is 2.35. The van der Waals surface area contributed by atoms with E-state index in [1.165, 1.54) is 6.07 Å². The van der Waals surface area contributed by atoms with Gasteiger partial charge in [-0.15, -0.1) is 0 Å². The maximum absolute atomic E-state index is 14.1. The molecule has 0 fully saturated rings. The number of rotatable bonds is 3. The van der Waals surface area contributed by atoms with E-state index < -0.39 is 6.04 Å². The van der Waals surface area contributed by atoms with E-state index in [0.717, 1.165) is 16.7 Å². The van der Waals surface area contributed by atoms with Gasteiger partial charge in [0.2, 0.25) is 0 Å². The summed E-state index contributed by atoms with van der Waals surface area (Å²) >= 11 is 5.78. The van der Waals surface area contributed by atoms with Gasteiger partial charge in [0, 0.05) is 10.6 Å². The van der Waals surface area contributed by atoms with Crippen molar-refractivity contribution >= 4 is 11.6 Å². The van der Waals surface area contributed by atoms with Crippen LogP contribution in [0.25, 0.3) is 0 Å². The number of nitrogens with one attached hydrogen (secondary N) is 1. The molecule has 0 aliphatic carbocycles. The number of hydrogen-bond donors (Lipinski definition) is 2. The Morgan fingerprint density at radius 2 is 1.79 bits per heavy atom. The summed E-state index contributed by atoms with van der Waals surface area (Å²) in [4.78, 5) is 0. The van der Waals surface area contributed by atoms with E-state index in [2.05, 4.69) is 5.43 Å². The maximum Gasteiger partial charge on any atom is 0.129 e. The highest BCUT2D eigenvalue weighted by molar-refractivity contribution is 6.30. The van der Waals surface area contributed by atoms with Crippen molar-refractivity contribution in [2.75, 3.05) is 0 Å². The zero-order valence-corrected chi connectivity index (χ0v) is 11.6. The maximum atomic E-state index is 14.1. The molecule has 4 heteroatoms. The van der Waals surface area contributed by atoms with E-state index in [1.54, 1.807) is 12.1 Å². The normalized spacial score (nSPS) is 12.5. The molecule has 0 saturated carbocycles. The molecule has 2 rings (SSSR count). The van der Waals surface area contributed by atoms with Gasteiger partial charge in [0.25, 0.3) is 0 Å². The fraction of sp³-hybridized carbons (Fsp3) is 0.200. The summed E-state index contributed by atoms with van der Waals surface area (Å²) in [5, 5.41) is 0.374. The van der Waals surface area contributed by atoms with Gasteiger partial charge in [-0.2, -0.15) is 0 Å². The van der Waals surface area contributed by atoms with Gasteiger partial charge >= 0.3 is 0 Å². The lowest BCUT2D eigenvalue weighted by Gasteiger charge is -2.22. The topological polar surface area (TPSA) is 38.0 Å². The van der Waals surface area contributed by atoms with Crippen LogP contribution in [-0.4, -0.2) is 0 Å². The van der Waals surface area contributed by atoms with Crippen LogP contribution in [0.15, 0.2) is 36.4 Å². The predicted octanol–water partition coefficient (Wildman–Crippen LogP) is 3.65. The second-order valence-corrected chi connectivity index (χ2v) is 5.01. The third-order valence-electron chi connectivity index (χ3n) is 3.27. The summed E-state index contributed by atoms with van der Waals surface area (Å²) in [6.07, 6.45) is 0. The number of hydrazine groups is 1. The summed E-state index contributed by atoms with van der Waals surface area (Å²) in [7, 11) is 0. The van der Waals surface area contributed by atoms with Gasteiger partial charge in [0.1, 0.15) is 5.82 Å². The molecule has 2 aromatic rings. The fourth-order valence-electron chi connectivity index (χ4n) is 2.35. The molecule has 0 saturated heterocycles. The monoisotopic (exact) mass is 278 g/mol. The lowest BCUT2D eigenvalue weighted by atomic mass is 9.91. The Balaban J connectivity index is 2.56. The minimum absolute atomic E-state index is 0.363. The predicted molar refractivity (Wildman–Crippen MR) is 76.5 cm³/mol. The van der Waals surface area contributed by atoms with Gasteiger partial charge < -0.3 is 0 Å². The highest BCUT2D eigenvalue weighted by Crippen LogP contribution is 2.29. The van der Waals surface area contributed by atoms with Crippen LogP contribution >= 0.6 is 11.6 Å². The van der Waals surface area contributed by atoms with Gasteiger partial charge in [0.15, 0.2) is 0 Å². The summed E-state index contributed by atoms with van der Waals surface area (Å²) in [6, 6.07) is 10.2. The molecule has 100 valence electrons. The second kappa shape index (κ2) is 5.70. The van der Waals surface area contributed by atoms with Crippen LogP contribution in [0.3, 0.4) is 0 Å². The summed E-state index contributed by atoms with van der Waals surface area (Å²) in [5.74, 6) is 5.27. The number of nitrogens with two attached hydrogens (primary N) is 1. The van der Waals surface area contributed by atoms with Gasteiger partial charge in [-0.25, -0.2) is 9.82 Å². The van der Waals surface area contributed by atoms with Crippen LogP contribution in [-0.2, 0) is 0 Å². The number of benzene rings is 2. The molecule has 3 N–H and O–H groups in total. The molecule has 0 aliphatic rings. The number of halogens is 2. The Morgan fingerprint density at radius 3 is 2.32 bits per heavy atom. The zero-order valence-electron chi connectivity index (χ0n) is 10.9. The molecule has 1 unspecified atom stereocenters. The van der Waals surface area contributed by atoms with Crippen molar-refractivity contribution < 1.29 is 4.39 Å². The largest absolute Gasteiger partial charge is 0.271 e. The van der Waals surface area contributed by atoms with Crippen LogP contribution < -0.4 is 11.3 Å². The van der Waals surface area contributed by atoms with Crippen LogP contribution in [0.2, 0.25) is 5.02 Å². The molecule has 19 heavy (non-hydrogen) atoms. The molecule has 0 amide bonds. The first kappa shape index (κ1) is 14.0. The molecule has 0 bridgehead atoms. The Bertz CT molecular complexity index is 578. The minimum Gasteiger partial charge on any atom is -0.271 e. The third kappa shape index (κ3) is 2.78. The molecule has 0 heterocycles. The minimum atomic E-state index is -0.390. The number of hydrogen-bond acceptors (Lipinski definition) is 2. The SMILES string of the molecule is Cc1cccc(C)c1C(NN)c1ccc(Cl)cc1F. The summed E-state index contributed by atoms with van der Waals surface area (Å²) < 4.78 is 14.1. The highest BCUT2D eigenvalue weighted by Gasteiger charge is 2.20. The van der Waals surface area contributed by atoms with Crippen LogP contribution in [0.1, 0.15) is 28.3 Å². The van der Waals surface area contributed by atoms with Gasteiger partial charge in [-0.3, -0.25) is 5.84 Å². The van der Waals surface area contributed by atoms with Gasteiger partial charge in [-0.05, 0) is 42.7 Å². The van der Waals surface area contributed by atoms with Crippen LogP contribution in [0, 0.1) is 19.7 Å². The average molecular weight is 279 g/mol. The van der Waals surface area contributed by atoms with E-state index in [-0.39, 0.29) is 5.82 Å². The van der Waals surface area contributed by atoms with Crippen LogP contribution in [0.5, 0.6) is 0 Å². The van der Waals surface area contributed by atoms with Crippen LogP contribution in [0.4, 0.5) is 4.39 Å². The molecule has 0 aliphatic heterocycles. The zero-order chi connectivity index (χ0) is 14.0. The van der Waals surface area contributed by atoms with Crippen molar-refractivity contribution in [1.29, 1.82) is 0 Å². The Morgan fingerprint density at radius 1 is 1.16 bits per heavy atom. The standard InChI is InChI=1S/C15H16ClFN2/c1-9-4-3-5-10(2)14(9)15(19-18)12-7-6-11(16)8-13(12)17/h3-8,15,19H,18H2,1-2H3. The second-order valence-electron chi connectivity index (χ2n) is 4.57. The first-order valence-electron chi connectivity index (χ1n) is 6.01. The lowest BCUT2D eigenvalue weighted by molar-refractivity contribution is 0.557. The van der Waals surface area contributed by atoms with Crippen molar-refractivity contribution in [3.8, 4) is 0 Å². The molecule has 0 aromatic heterocycles. The smallest absolute Gasteiger partial charge is 0.129 e. The molecular weight excluding hydrogens is 263 g/mol. The lowest BCUT2D eigenvalue weighted by Crippen LogP contribution is -2.30. The van der Waals surface area contributed by atoms with Crippen molar-refractivity contribution in [2.45, 2.75) is 19.9 Å². The highest BCUT2D eigenvalue weighted by atomic mass is 35.5. The quantitative estimate of drug-likeness (QED) is 0.664. The Labute approximate surface area is 117 Å². The molecule has 1 atom stereocenters. The fourth-order valence-corrected chi connectivity index (χ4v) is 2.51. The summed E-state index contributed by atoms with van der Waals surface area (Å²) in [6.45, 7) is 3.97. The Kier molecular flexibility index (Phi) is 4.20. The van der Waals surface area contributed by atoms with Gasteiger partial charge in [0.05, 0.1) is 6.04 Å². The van der Waals surface area contributed by atoms with Crippen molar-refractivity contribution in [3.63, 3.8) is 0 Å². The molecular formula is C15H16ClFN2. The third-order valence-corrected chi connectivity index (χ3v) is 3.51.